The van der Waals surface area contributed by atoms with Crippen molar-refractivity contribution in [3.63, 3.8) is 0 Å². The van der Waals surface area contributed by atoms with Crippen LogP contribution in [0.4, 0.5) is 0 Å². The van der Waals surface area contributed by atoms with E-state index in [-0.39, 0.29) is 5.97 Å². The van der Waals surface area contributed by atoms with Gasteiger partial charge >= 0.3 is 5.97 Å². The SMILES string of the molecule is COC(=O)c1ccc(CNCCOc2cccc(C)c2)cc1. The summed E-state index contributed by atoms with van der Waals surface area (Å²) in [6.07, 6.45) is 0. The molecule has 0 fully saturated rings. The maximum Gasteiger partial charge on any atom is 0.337 e. The van der Waals surface area contributed by atoms with Crippen molar-refractivity contribution >= 4 is 5.97 Å². The highest BCUT2D eigenvalue weighted by molar-refractivity contribution is 5.89. The second-order valence-electron chi connectivity index (χ2n) is 5.03. The number of esters is 1. The number of carbonyl (C=O) groups is 1. The average Bonchev–Trinajstić information content (AvgIpc) is 2.54. The molecular weight excluding hydrogens is 278 g/mol. The highest BCUT2D eigenvalue weighted by Crippen LogP contribution is 2.11. The van der Waals surface area contributed by atoms with Gasteiger partial charge in [0.25, 0.3) is 0 Å². The van der Waals surface area contributed by atoms with Crippen molar-refractivity contribution in [3.05, 3.63) is 65.2 Å². The largest absolute Gasteiger partial charge is 0.492 e. The molecule has 2 rings (SSSR count). The molecule has 0 saturated heterocycles. The van der Waals surface area contributed by atoms with Gasteiger partial charge in [-0.3, -0.25) is 0 Å². The Hall–Kier alpha value is -2.33. The Kier molecular flexibility index (Phi) is 5.98. The molecule has 0 aliphatic heterocycles. The summed E-state index contributed by atoms with van der Waals surface area (Å²) in [6.45, 7) is 4.15. The number of carbonyl (C=O) groups excluding carboxylic acids is 1. The molecule has 0 unspecified atom stereocenters. The van der Waals surface area contributed by atoms with Crippen LogP contribution in [0.2, 0.25) is 0 Å². The Bertz CT molecular complexity index is 608. The smallest absolute Gasteiger partial charge is 0.337 e. The first-order valence-electron chi connectivity index (χ1n) is 7.26. The lowest BCUT2D eigenvalue weighted by molar-refractivity contribution is 0.0600. The molecule has 4 heteroatoms. The standard InChI is InChI=1S/C18H21NO3/c1-14-4-3-5-17(12-14)22-11-10-19-13-15-6-8-16(9-7-15)18(20)21-2/h3-9,12,19H,10-11,13H2,1-2H3. The second-order valence-corrected chi connectivity index (χ2v) is 5.03. The van der Waals surface area contributed by atoms with Crippen LogP contribution in [0, 0.1) is 6.92 Å². The first-order valence-corrected chi connectivity index (χ1v) is 7.26. The molecule has 0 heterocycles. The van der Waals surface area contributed by atoms with Gasteiger partial charge in [0.1, 0.15) is 12.4 Å². The maximum atomic E-state index is 11.3. The van der Waals surface area contributed by atoms with Crippen LogP contribution in [-0.2, 0) is 11.3 Å². The first-order chi connectivity index (χ1) is 10.7. The van der Waals surface area contributed by atoms with Gasteiger partial charge in [0.05, 0.1) is 12.7 Å². The molecule has 2 aromatic carbocycles. The molecule has 116 valence electrons. The molecule has 0 aliphatic rings. The fourth-order valence-electron chi connectivity index (χ4n) is 2.06. The number of ether oxygens (including phenoxy) is 2. The van der Waals surface area contributed by atoms with E-state index in [1.54, 1.807) is 12.1 Å². The minimum absolute atomic E-state index is 0.314. The summed E-state index contributed by atoms with van der Waals surface area (Å²) in [7, 11) is 1.38. The summed E-state index contributed by atoms with van der Waals surface area (Å²) >= 11 is 0. The lowest BCUT2D eigenvalue weighted by atomic mass is 10.1. The third-order valence-electron chi connectivity index (χ3n) is 3.24. The molecule has 4 nitrogen and oxygen atoms in total. The van der Waals surface area contributed by atoms with Gasteiger partial charge in [-0.2, -0.15) is 0 Å². The Morgan fingerprint density at radius 3 is 2.59 bits per heavy atom. The zero-order valence-corrected chi connectivity index (χ0v) is 13.0. The number of nitrogens with one attached hydrogen (secondary N) is 1. The van der Waals surface area contributed by atoms with Crippen molar-refractivity contribution in [2.45, 2.75) is 13.5 Å². The third-order valence-corrected chi connectivity index (χ3v) is 3.24. The van der Waals surface area contributed by atoms with Gasteiger partial charge in [0.15, 0.2) is 0 Å². The quantitative estimate of drug-likeness (QED) is 0.631. The lowest BCUT2D eigenvalue weighted by Crippen LogP contribution is -2.20. The zero-order chi connectivity index (χ0) is 15.8. The monoisotopic (exact) mass is 299 g/mol. The molecule has 1 N–H and O–H groups in total. The van der Waals surface area contributed by atoms with Crippen LogP contribution in [0.3, 0.4) is 0 Å². The number of methoxy groups -OCH3 is 1. The van der Waals surface area contributed by atoms with Crippen molar-refractivity contribution in [2.24, 2.45) is 0 Å². The van der Waals surface area contributed by atoms with E-state index in [2.05, 4.69) is 10.1 Å². The van der Waals surface area contributed by atoms with Crippen molar-refractivity contribution in [1.82, 2.24) is 5.32 Å². The highest BCUT2D eigenvalue weighted by Gasteiger charge is 2.03. The van der Waals surface area contributed by atoms with Gasteiger partial charge < -0.3 is 14.8 Å². The predicted octanol–water partition coefficient (Wildman–Crippen LogP) is 2.95. The van der Waals surface area contributed by atoms with E-state index in [0.717, 1.165) is 24.4 Å². The summed E-state index contributed by atoms with van der Waals surface area (Å²) in [4.78, 5) is 11.3. The van der Waals surface area contributed by atoms with Gasteiger partial charge in [-0.05, 0) is 42.3 Å². The van der Waals surface area contributed by atoms with E-state index < -0.39 is 0 Å². The van der Waals surface area contributed by atoms with Gasteiger partial charge in [0, 0.05) is 13.1 Å². The molecule has 0 atom stereocenters. The van der Waals surface area contributed by atoms with Crippen LogP contribution >= 0.6 is 0 Å². The Labute approximate surface area is 131 Å². The zero-order valence-electron chi connectivity index (χ0n) is 13.0. The number of benzene rings is 2. The number of hydrogen-bond acceptors (Lipinski definition) is 4. The topological polar surface area (TPSA) is 47.6 Å². The van der Waals surface area contributed by atoms with Crippen molar-refractivity contribution < 1.29 is 14.3 Å². The fourth-order valence-corrected chi connectivity index (χ4v) is 2.06. The molecule has 0 amide bonds. The summed E-state index contributed by atoms with van der Waals surface area (Å²) in [5.74, 6) is 0.579. The predicted molar refractivity (Wildman–Crippen MR) is 86.2 cm³/mol. The van der Waals surface area contributed by atoms with Gasteiger partial charge in [-0.15, -0.1) is 0 Å². The Balaban J connectivity index is 1.69. The first kappa shape index (κ1) is 16.0. The van der Waals surface area contributed by atoms with E-state index in [1.807, 2.05) is 43.3 Å². The summed E-state index contributed by atoms with van der Waals surface area (Å²) < 4.78 is 10.3. The van der Waals surface area contributed by atoms with Gasteiger partial charge in [-0.1, -0.05) is 24.3 Å². The van der Waals surface area contributed by atoms with Crippen molar-refractivity contribution in [2.75, 3.05) is 20.3 Å². The Morgan fingerprint density at radius 1 is 1.14 bits per heavy atom. The Morgan fingerprint density at radius 2 is 1.91 bits per heavy atom. The third kappa shape index (κ3) is 4.90. The molecular formula is C18H21NO3. The number of rotatable bonds is 7. The molecule has 2 aromatic rings. The molecule has 0 aliphatic carbocycles. The van der Waals surface area contributed by atoms with Crippen LogP contribution in [0.25, 0.3) is 0 Å². The van der Waals surface area contributed by atoms with Gasteiger partial charge in [0.2, 0.25) is 0 Å². The fraction of sp³-hybridized carbons (Fsp3) is 0.278. The number of aryl methyl sites for hydroxylation is 1. The average molecular weight is 299 g/mol. The molecule has 0 spiro atoms. The molecule has 0 bridgehead atoms. The highest BCUT2D eigenvalue weighted by atomic mass is 16.5. The lowest BCUT2D eigenvalue weighted by Gasteiger charge is -2.08. The van der Waals surface area contributed by atoms with E-state index in [9.17, 15) is 4.79 Å². The minimum atomic E-state index is -0.314. The van der Waals surface area contributed by atoms with Crippen LogP contribution < -0.4 is 10.1 Å². The maximum absolute atomic E-state index is 11.3. The van der Waals surface area contributed by atoms with E-state index in [0.29, 0.717) is 12.2 Å². The van der Waals surface area contributed by atoms with E-state index in [1.165, 1.54) is 12.7 Å². The summed E-state index contributed by atoms with van der Waals surface area (Å²) in [5.41, 5.74) is 2.87. The van der Waals surface area contributed by atoms with Crippen molar-refractivity contribution in [1.29, 1.82) is 0 Å². The molecule has 0 radical (unpaired) electrons. The van der Waals surface area contributed by atoms with Crippen LogP contribution in [0.1, 0.15) is 21.5 Å². The van der Waals surface area contributed by atoms with Crippen LogP contribution in [0.15, 0.2) is 48.5 Å². The second kappa shape index (κ2) is 8.20. The molecule has 0 aromatic heterocycles. The van der Waals surface area contributed by atoms with E-state index in [4.69, 9.17) is 4.74 Å². The van der Waals surface area contributed by atoms with Crippen LogP contribution in [0.5, 0.6) is 5.75 Å². The summed E-state index contributed by atoms with van der Waals surface area (Å²) in [5, 5.41) is 3.31. The summed E-state index contributed by atoms with van der Waals surface area (Å²) in [6, 6.07) is 15.4. The van der Waals surface area contributed by atoms with Crippen molar-refractivity contribution in [3.8, 4) is 5.75 Å². The number of hydrogen-bond donors (Lipinski definition) is 1. The van der Waals surface area contributed by atoms with E-state index >= 15 is 0 Å². The van der Waals surface area contributed by atoms with Gasteiger partial charge in [-0.25, -0.2) is 4.79 Å². The molecule has 0 saturated carbocycles. The van der Waals surface area contributed by atoms with Crippen LogP contribution in [-0.4, -0.2) is 26.2 Å². The minimum Gasteiger partial charge on any atom is -0.492 e. The molecule has 22 heavy (non-hydrogen) atoms. The normalized spacial score (nSPS) is 10.3.